The van der Waals surface area contributed by atoms with Gasteiger partial charge in [0.25, 0.3) is 11.7 Å². The van der Waals surface area contributed by atoms with Crippen LogP contribution in [0.2, 0.25) is 0 Å². The predicted molar refractivity (Wildman–Crippen MR) is 129 cm³/mol. The number of aliphatic hydroxyl groups is 1. The molecular formula is C26H30N2O7. The number of rotatable bonds is 8. The fourth-order valence-electron chi connectivity index (χ4n) is 4.54. The number of methoxy groups -OCH3 is 3. The van der Waals surface area contributed by atoms with Gasteiger partial charge in [0.2, 0.25) is 0 Å². The van der Waals surface area contributed by atoms with Crippen molar-refractivity contribution in [3.63, 3.8) is 0 Å². The quantitative estimate of drug-likeness (QED) is 0.348. The van der Waals surface area contributed by atoms with Crippen molar-refractivity contribution in [1.29, 1.82) is 0 Å². The van der Waals surface area contributed by atoms with Gasteiger partial charge in [-0.2, -0.15) is 0 Å². The Hall–Kier alpha value is -3.56. The third-order valence-corrected chi connectivity index (χ3v) is 6.39. The highest BCUT2D eigenvalue weighted by Crippen LogP contribution is 2.45. The van der Waals surface area contributed by atoms with Gasteiger partial charge in [0.1, 0.15) is 11.5 Å². The molecule has 0 bridgehead atoms. The molecule has 2 aromatic carbocycles. The number of carbonyl (C=O) groups excluding carboxylic acids is 2. The Bertz CT molecular complexity index is 1110. The van der Waals surface area contributed by atoms with Crippen LogP contribution in [-0.4, -0.2) is 87.3 Å². The Morgan fingerprint density at radius 3 is 2.31 bits per heavy atom. The third kappa shape index (κ3) is 4.82. The average molecular weight is 483 g/mol. The highest BCUT2D eigenvalue weighted by Gasteiger charge is 2.47. The summed E-state index contributed by atoms with van der Waals surface area (Å²) in [7, 11) is 4.57. The third-order valence-electron chi connectivity index (χ3n) is 6.39. The lowest BCUT2D eigenvalue weighted by Crippen LogP contribution is -2.42. The zero-order valence-corrected chi connectivity index (χ0v) is 20.2. The molecular weight excluding hydrogens is 452 g/mol. The molecule has 2 aliphatic heterocycles. The number of carbonyl (C=O) groups is 2. The van der Waals surface area contributed by atoms with Gasteiger partial charge >= 0.3 is 0 Å². The molecule has 186 valence electrons. The van der Waals surface area contributed by atoms with Crippen molar-refractivity contribution in [2.45, 2.75) is 6.04 Å². The number of nitrogens with zero attached hydrogens (tertiary/aromatic N) is 2. The van der Waals surface area contributed by atoms with E-state index in [2.05, 4.69) is 4.90 Å². The number of ether oxygens (including phenoxy) is 4. The van der Waals surface area contributed by atoms with Crippen LogP contribution in [0.3, 0.4) is 0 Å². The Balaban J connectivity index is 1.81. The van der Waals surface area contributed by atoms with Crippen LogP contribution in [0.15, 0.2) is 48.0 Å². The minimum Gasteiger partial charge on any atom is -0.507 e. The second-order valence-corrected chi connectivity index (χ2v) is 8.26. The van der Waals surface area contributed by atoms with E-state index in [1.54, 1.807) is 49.6 Å². The number of amides is 1. The van der Waals surface area contributed by atoms with Crippen LogP contribution in [0.5, 0.6) is 17.2 Å². The van der Waals surface area contributed by atoms with E-state index in [9.17, 15) is 14.7 Å². The average Bonchev–Trinajstić information content (AvgIpc) is 3.16. The molecule has 0 spiro atoms. The number of morpholine rings is 1. The number of Topliss-reactive ketones (excluding diaryl/α,β-unsaturated/α-hetero) is 1. The first-order valence-electron chi connectivity index (χ1n) is 11.4. The van der Waals surface area contributed by atoms with E-state index < -0.39 is 17.7 Å². The molecule has 2 saturated heterocycles. The maximum absolute atomic E-state index is 13.3. The van der Waals surface area contributed by atoms with Crippen molar-refractivity contribution < 1.29 is 33.6 Å². The molecule has 0 radical (unpaired) electrons. The summed E-state index contributed by atoms with van der Waals surface area (Å²) in [6.07, 6.45) is 0. The highest BCUT2D eigenvalue weighted by atomic mass is 16.5. The van der Waals surface area contributed by atoms with E-state index in [1.807, 2.05) is 0 Å². The number of aliphatic hydroxyl groups excluding tert-OH is 1. The maximum atomic E-state index is 13.3. The summed E-state index contributed by atoms with van der Waals surface area (Å²) in [5.74, 6) is -0.182. The number of benzene rings is 2. The van der Waals surface area contributed by atoms with Crippen LogP contribution in [0.25, 0.3) is 5.76 Å². The second-order valence-electron chi connectivity index (χ2n) is 8.26. The molecule has 2 heterocycles. The zero-order valence-electron chi connectivity index (χ0n) is 20.2. The van der Waals surface area contributed by atoms with Crippen LogP contribution in [0.4, 0.5) is 0 Å². The van der Waals surface area contributed by atoms with E-state index in [0.717, 1.165) is 13.1 Å². The molecule has 2 aliphatic rings. The summed E-state index contributed by atoms with van der Waals surface area (Å²) in [6.45, 7) is 3.63. The summed E-state index contributed by atoms with van der Waals surface area (Å²) in [4.78, 5) is 30.3. The normalized spacial score (nSPS) is 20.2. The minimum absolute atomic E-state index is 0.00805. The molecule has 1 N–H and O–H groups in total. The van der Waals surface area contributed by atoms with Gasteiger partial charge in [-0.25, -0.2) is 0 Å². The van der Waals surface area contributed by atoms with E-state index in [0.29, 0.717) is 54.7 Å². The van der Waals surface area contributed by atoms with Crippen molar-refractivity contribution in [2.24, 2.45) is 0 Å². The molecule has 1 amide bonds. The SMILES string of the molecule is COc1ccc(C(O)=C2C(=O)C(=O)N(CCN3CCOCC3)[C@@H]2c2cccc(OC)c2OC)cc1. The van der Waals surface area contributed by atoms with E-state index in [4.69, 9.17) is 18.9 Å². The minimum atomic E-state index is -0.844. The van der Waals surface area contributed by atoms with Crippen molar-refractivity contribution in [2.75, 3.05) is 60.7 Å². The van der Waals surface area contributed by atoms with Gasteiger partial charge in [-0.05, 0) is 30.3 Å². The maximum Gasteiger partial charge on any atom is 0.295 e. The molecule has 9 heteroatoms. The lowest BCUT2D eigenvalue weighted by Gasteiger charge is -2.31. The van der Waals surface area contributed by atoms with Crippen LogP contribution >= 0.6 is 0 Å². The van der Waals surface area contributed by atoms with Gasteiger partial charge in [0.05, 0.1) is 46.2 Å². The first kappa shape index (κ1) is 24.6. The van der Waals surface area contributed by atoms with E-state index >= 15 is 0 Å². The van der Waals surface area contributed by atoms with Crippen molar-refractivity contribution in [3.05, 3.63) is 59.2 Å². The lowest BCUT2D eigenvalue weighted by molar-refractivity contribution is -0.140. The summed E-state index contributed by atoms with van der Waals surface area (Å²) >= 11 is 0. The number of likely N-dealkylation sites (tertiary alicyclic amines) is 1. The van der Waals surface area contributed by atoms with E-state index in [1.165, 1.54) is 19.1 Å². The topological polar surface area (TPSA) is 97.8 Å². The molecule has 9 nitrogen and oxygen atoms in total. The highest BCUT2D eigenvalue weighted by molar-refractivity contribution is 6.46. The van der Waals surface area contributed by atoms with Gasteiger partial charge in [-0.15, -0.1) is 0 Å². The Morgan fingerprint density at radius 1 is 0.971 bits per heavy atom. The Kier molecular flexibility index (Phi) is 7.57. The summed E-state index contributed by atoms with van der Waals surface area (Å²) in [6, 6.07) is 11.1. The largest absolute Gasteiger partial charge is 0.507 e. The molecule has 0 saturated carbocycles. The van der Waals surface area contributed by atoms with Crippen molar-refractivity contribution in [1.82, 2.24) is 9.80 Å². The number of para-hydroxylation sites is 1. The van der Waals surface area contributed by atoms with Crippen LogP contribution in [0, 0.1) is 0 Å². The first-order valence-corrected chi connectivity index (χ1v) is 11.4. The van der Waals surface area contributed by atoms with Crippen molar-refractivity contribution >= 4 is 17.4 Å². The first-order chi connectivity index (χ1) is 17.0. The Morgan fingerprint density at radius 2 is 1.69 bits per heavy atom. The monoisotopic (exact) mass is 482 g/mol. The summed E-state index contributed by atoms with van der Waals surface area (Å²) < 4.78 is 21.7. The van der Waals surface area contributed by atoms with Gasteiger partial charge < -0.3 is 29.0 Å². The second kappa shape index (κ2) is 10.8. The van der Waals surface area contributed by atoms with Gasteiger partial charge in [0.15, 0.2) is 11.5 Å². The standard InChI is InChI=1S/C26H30N2O7/c1-32-18-9-7-17(8-10-18)23(29)21-22(19-5-4-6-20(33-2)25(19)34-3)28(26(31)24(21)30)12-11-27-13-15-35-16-14-27/h4-10,22,29H,11-16H2,1-3H3/t22-/m1/s1. The predicted octanol–water partition coefficient (Wildman–Crippen LogP) is 2.47. The van der Waals surface area contributed by atoms with Crippen LogP contribution in [0.1, 0.15) is 17.2 Å². The molecule has 0 aliphatic carbocycles. The fourth-order valence-corrected chi connectivity index (χ4v) is 4.54. The smallest absolute Gasteiger partial charge is 0.295 e. The summed E-state index contributed by atoms with van der Waals surface area (Å²) in [5, 5.41) is 11.3. The number of ketones is 1. The van der Waals surface area contributed by atoms with Gasteiger partial charge in [-0.3, -0.25) is 14.5 Å². The molecule has 0 aromatic heterocycles. The van der Waals surface area contributed by atoms with Crippen LogP contribution in [-0.2, 0) is 14.3 Å². The Labute approximate surface area is 204 Å². The van der Waals surface area contributed by atoms with Gasteiger partial charge in [0, 0.05) is 37.3 Å². The number of hydrogen-bond acceptors (Lipinski definition) is 8. The fraction of sp³-hybridized carbons (Fsp3) is 0.385. The molecule has 4 rings (SSSR count). The van der Waals surface area contributed by atoms with Crippen molar-refractivity contribution in [3.8, 4) is 17.2 Å². The molecule has 0 unspecified atom stereocenters. The zero-order chi connectivity index (χ0) is 24.9. The molecule has 35 heavy (non-hydrogen) atoms. The summed E-state index contributed by atoms with van der Waals surface area (Å²) in [5.41, 5.74) is 0.973. The number of hydrogen-bond donors (Lipinski definition) is 1. The van der Waals surface area contributed by atoms with E-state index in [-0.39, 0.29) is 11.3 Å². The van der Waals surface area contributed by atoms with Gasteiger partial charge in [-0.1, -0.05) is 12.1 Å². The lowest BCUT2D eigenvalue weighted by atomic mass is 9.94. The molecule has 1 atom stereocenters. The van der Waals surface area contributed by atoms with Crippen LogP contribution < -0.4 is 14.2 Å². The molecule has 2 fully saturated rings. The molecule has 2 aromatic rings.